The zero-order valence-corrected chi connectivity index (χ0v) is 15.7. The minimum Gasteiger partial charge on any atom is -0.431 e. The Kier molecular flexibility index (Phi) is 4.05. The number of anilines is 2. The first-order valence-electron chi connectivity index (χ1n) is 9.75. The van der Waals surface area contributed by atoms with Crippen molar-refractivity contribution in [3.63, 3.8) is 0 Å². The van der Waals surface area contributed by atoms with Crippen LogP contribution in [0.2, 0.25) is 0 Å². The monoisotopic (exact) mass is 398 g/mol. The van der Waals surface area contributed by atoms with E-state index in [0.29, 0.717) is 34.9 Å². The predicted octanol–water partition coefficient (Wildman–Crippen LogP) is 3.27. The smallest absolute Gasteiger partial charge is 0.387 e. The van der Waals surface area contributed by atoms with Gasteiger partial charge in [0, 0.05) is 24.3 Å². The molecule has 2 aliphatic carbocycles. The van der Waals surface area contributed by atoms with Crippen LogP contribution in [0.5, 0.6) is 5.75 Å². The largest absolute Gasteiger partial charge is 0.431 e. The highest BCUT2D eigenvalue weighted by Crippen LogP contribution is 2.46. The number of hydrogen-bond acceptors (Lipinski definition) is 7. The fourth-order valence-corrected chi connectivity index (χ4v) is 4.47. The minimum absolute atomic E-state index is 0.114. The SMILES string of the molecule is N#CC1(c2cc(-c3cnc(N)c(OC(F)F)c3)nc(N3CC4CC3C4)n2)CCC1. The van der Waals surface area contributed by atoms with Crippen molar-refractivity contribution in [2.45, 2.75) is 50.2 Å². The molecule has 6 rings (SSSR count). The summed E-state index contributed by atoms with van der Waals surface area (Å²) in [5, 5.41) is 9.79. The summed E-state index contributed by atoms with van der Waals surface area (Å²) >= 11 is 0. The summed E-state index contributed by atoms with van der Waals surface area (Å²) in [5.74, 6) is 0.962. The van der Waals surface area contributed by atoms with Gasteiger partial charge in [-0.1, -0.05) is 0 Å². The molecular formula is C20H20F2N6O. The van der Waals surface area contributed by atoms with Crippen molar-refractivity contribution in [3.8, 4) is 23.1 Å². The second-order valence-electron chi connectivity index (χ2n) is 8.12. The molecule has 2 saturated carbocycles. The first-order valence-corrected chi connectivity index (χ1v) is 9.75. The molecule has 2 aliphatic heterocycles. The first kappa shape index (κ1) is 18.0. The molecule has 150 valence electrons. The van der Waals surface area contributed by atoms with Crippen LogP contribution in [0.3, 0.4) is 0 Å². The average Bonchev–Trinajstić information content (AvgIpc) is 3.24. The molecule has 0 unspecified atom stereocenters. The van der Waals surface area contributed by atoms with Crippen molar-refractivity contribution < 1.29 is 13.5 Å². The van der Waals surface area contributed by atoms with Crippen molar-refractivity contribution in [2.24, 2.45) is 5.92 Å². The highest BCUT2D eigenvalue weighted by Gasteiger charge is 2.45. The van der Waals surface area contributed by atoms with Crippen LogP contribution in [0.1, 0.15) is 37.8 Å². The molecule has 4 aliphatic rings. The molecule has 4 heterocycles. The molecular weight excluding hydrogens is 378 g/mol. The van der Waals surface area contributed by atoms with Crippen LogP contribution in [-0.2, 0) is 5.41 Å². The van der Waals surface area contributed by atoms with E-state index in [9.17, 15) is 14.0 Å². The number of aromatic nitrogens is 3. The molecule has 2 aromatic heterocycles. The Hall–Kier alpha value is -3.02. The lowest BCUT2D eigenvalue weighted by molar-refractivity contribution is -0.0494. The van der Waals surface area contributed by atoms with Gasteiger partial charge in [0.15, 0.2) is 11.6 Å². The molecule has 2 N–H and O–H groups in total. The van der Waals surface area contributed by atoms with Gasteiger partial charge in [0.1, 0.15) is 0 Å². The minimum atomic E-state index is -3.00. The average molecular weight is 398 g/mol. The van der Waals surface area contributed by atoms with Gasteiger partial charge in [-0.3, -0.25) is 0 Å². The molecule has 29 heavy (non-hydrogen) atoms. The second-order valence-corrected chi connectivity index (χ2v) is 8.12. The maximum atomic E-state index is 12.7. The number of nitrogens with two attached hydrogens (primary N) is 1. The van der Waals surface area contributed by atoms with Crippen LogP contribution in [0, 0.1) is 17.2 Å². The van der Waals surface area contributed by atoms with E-state index in [1.54, 1.807) is 6.07 Å². The topological polar surface area (TPSA) is 101 Å². The van der Waals surface area contributed by atoms with Crippen LogP contribution in [0.25, 0.3) is 11.3 Å². The van der Waals surface area contributed by atoms with Gasteiger partial charge >= 0.3 is 6.61 Å². The lowest BCUT2D eigenvalue weighted by Gasteiger charge is -2.35. The maximum Gasteiger partial charge on any atom is 0.387 e. The van der Waals surface area contributed by atoms with Crippen molar-refractivity contribution in [1.29, 1.82) is 5.26 Å². The summed E-state index contributed by atoms with van der Waals surface area (Å²) < 4.78 is 29.9. The third kappa shape index (κ3) is 2.94. The van der Waals surface area contributed by atoms with Crippen molar-refractivity contribution in [2.75, 3.05) is 17.2 Å². The van der Waals surface area contributed by atoms with Crippen molar-refractivity contribution >= 4 is 11.8 Å². The van der Waals surface area contributed by atoms with Crippen LogP contribution in [-0.4, -0.2) is 34.2 Å². The van der Waals surface area contributed by atoms with Crippen molar-refractivity contribution in [3.05, 3.63) is 24.0 Å². The Morgan fingerprint density at radius 3 is 2.66 bits per heavy atom. The van der Waals surface area contributed by atoms with E-state index in [1.165, 1.54) is 12.3 Å². The first-order chi connectivity index (χ1) is 14.0. The van der Waals surface area contributed by atoms with E-state index in [0.717, 1.165) is 38.6 Å². The zero-order valence-electron chi connectivity index (χ0n) is 15.7. The van der Waals surface area contributed by atoms with Crippen LogP contribution < -0.4 is 15.4 Å². The van der Waals surface area contributed by atoms with Gasteiger partial charge in [0.2, 0.25) is 5.95 Å². The van der Waals surface area contributed by atoms with Gasteiger partial charge in [-0.25, -0.2) is 15.0 Å². The van der Waals surface area contributed by atoms with Gasteiger partial charge in [0.25, 0.3) is 0 Å². The lowest BCUT2D eigenvalue weighted by Crippen LogP contribution is -2.35. The van der Waals surface area contributed by atoms with E-state index in [4.69, 9.17) is 15.7 Å². The number of alkyl halides is 2. The van der Waals surface area contributed by atoms with E-state index in [-0.39, 0.29) is 11.6 Å². The van der Waals surface area contributed by atoms with Gasteiger partial charge in [-0.15, -0.1) is 0 Å². The van der Waals surface area contributed by atoms with Gasteiger partial charge in [-0.05, 0) is 50.2 Å². The predicted molar refractivity (Wildman–Crippen MR) is 101 cm³/mol. The number of fused-ring (bicyclic) bond motifs is 1. The Bertz CT molecular complexity index is 997. The quantitative estimate of drug-likeness (QED) is 0.825. The van der Waals surface area contributed by atoms with E-state index >= 15 is 0 Å². The van der Waals surface area contributed by atoms with E-state index < -0.39 is 12.0 Å². The van der Waals surface area contributed by atoms with Crippen LogP contribution >= 0.6 is 0 Å². The Morgan fingerprint density at radius 1 is 1.28 bits per heavy atom. The number of nitrogens with zero attached hydrogens (tertiary/aromatic N) is 5. The van der Waals surface area contributed by atoms with Gasteiger partial charge in [-0.2, -0.15) is 14.0 Å². The number of nitriles is 1. The number of halogens is 2. The Morgan fingerprint density at radius 2 is 2.07 bits per heavy atom. The highest BCUT2D eigenvalue weighted by molar-refractivity contribution is 5.66. The summed E-state index contributed by atoms with van der Waals surface area (Å²) in [6, 6.07) is 6.04. The fraction of sp³-hybridized carbons (Fsp3) is 0.500. The molecule has 4 fully saturated rings. The Balaban J connectivity index is 1.60. The molecule has 0 atom stereocenters. The molecule has 0 amide bonds. The third-order valence-electron chi connectivity index (χ3n) is 6.38. The normalized spacial score (nSPS) is 24.0. The molecule has 2 aromatic rings. The molecule has 0 aromatic carbocycles. The van der Waals surface area contributed by atoms with Gasteiger partial charge < -0.3 is 15.4 Å². The van der Waals surface area contributed by atoms with Crippen LogP contribution in [0.4, 0.5) is 20.5 Å². The molecule has 2 bridgehead atoms. The lowest BCUT2D eigenvalue weighted by atomic mass is 9.67. The highest BCUT2D eigenvalue weighted by atomic mass is 19.3. The summed E-state index contributed by atoms with van der Waals surface area (Å²) in [6.45, 7) is -2.09. The van der Waals surface area contributed by atoms with Crippen LogP contribution in [0.15, 0.2) is 18.3 Å². The molecule has 0 spiro atoms. The van der Waals surface area contributed by atoms with Crippen molar-refractivity contribution in [1.82, 2.24) is 15.0 Å². The van der Waals surface area contributed by atoms with E-state index in [2.05, 4.69) is 20.7 Å². The summed E-state index contributed by atoms with van der Waals surface area (Å²) in [6.07, 6.45) is 6.25. The zero-order chi connectivity index (χ0) is 20.2. The third-order valence-corrected chi connectivity index (χ3v) is 6.38. The molecule has 7 nitrogen and oxygen atoms in total. The molecule has 2 saturated heterocycles. The fourth-order valence-electron chi connectivity index (χ4n) is 4.47. The summed E-state index contributed by atoms with van der Waals surface area (Å²) in [4.78, 5) is 15.7. The summed E-state index contributed by atoms with van der Waals surface area (Å²) in [7, 11) is 0. The van der Waals surface area contributed by atoms with Gasteiger partial charge in [0.05, 0.1) is 22.9 Å². The second kappa shape index (κ2) is 6.51. The standard InChI is InChI=1S/C20H20F2N6O/c21-18(22)29-15-6-12(8-25-17(15)24)14-7-16(20(10-23)2-1-3-20)27-19(26-14)28-9-11-4-13(28)5-11/h6-8,11,13,18H,1-5,9H2,(H2,24,25). The maximum absolute atomic E-state index is 12.7. The number of nitrogen functional groups attached to an aromatic ring is 1. The van der Waals surface area contributed by atoms with E-state index in [1.807, 2.05) is 0 Å². The number of rotatable bonds is 5. The summed E-state index contributed by atoms with van der Waals surface area (Å²) in [5.41, 5.74) is 6.77. The number of ether oxygens (including phenoxy) is 1. The number of hydrogen-bond donors (Lipinski definition) is 1. The Labute approximate surface area is 166 Å². The molecule has 0 radical (unpaired) electrons. The molecule has 9 heteroatoms. The number of pyridine rings is 1.